The number of ether oxygens (including phenoxy) is 1. The molecule has 3 aromatic rings. The molecule has 0 N–H and O–H groups in total. The van der Waals surface area contributed by atoms with Gasteiger partial charge in [-0.15, -0.1) is 0 Å². The third-order valence-corrected chi connectivity index (χ3v) is 4.36. The van der Waals surface area contributed by atoms with Gasteiger partial charge in [-0.2, -0.15) is 18.2 Å². The number of aromatic nitrogens is 2. The lowest BCUT2D eigenvalue weighted by Crippen LogP contribution is -2.29. The summed E-state index contributed by atoms with van der Waals surface area (Å²) in [6.45, 7) is 0.157. The fraction of sp³-hybridized carbons (Fsp3) is 0.250. The number of rotatable bonds is 7. The van der Waals surface area contributed by atoms with E-state index < -0.39 is 11.7 Å². The van der Waals surface area contributed by atoms with Crippen molar-refractivity contribution >= 4 is 17.5 Å². The second kappa shape index (κ2) is 9.17. The molecule has 0 spiro atoms. The molecule has 30 heavy (non-hydrogen) atoms. The summed E-state index contributed by atoms with van der Waals surface area (Å²) >= 11 is 5.90. The Hall–Kier alpha value is -3.07. The first-order valence-electron chi connectivity index (χ1n) is 8.85. The molecular formula is C20H17ClF3N3O3. The Labute approximate surface area is 175 Å². The van der Waals surface area contributed by atoms with Crippen LogP contribution in [0, 0.1) is 0 Å². The van der Waals surface area contributed by atoms with E-state index in [1.54, 1.807) is 31.3 Å². The highest BCUT2D eigenvalue weighted by Gasteiger charge is 2.30. The molecule has 3 rings (SSSR count). The second-order valence-corrected chi connectivity index (χ2v) is 6.84. The van der Waals surface area contributed by atoms with E-state index in [1.165, 1.54) is 17.0 Å². The van der Waals surface area contributed by atoms with Crippen LogP contribution in [0.15, 0.2) is 53.1 Å². The molecule has 0 fully saturated rings. The van der Waals surface area contributed by atoms with Gasteiger partial charge in [0.15, 0.2) is 12.4 Å². The average Bonchev–Trinajstić information content (AvgIpc) is 3.17. The fourth-order valence-electron chi connectivity index (χ4n) is 2.57. The molecule has 2 aromatic carbocycles. The minimum absolute atomic E-state index is 0.0384. The van der Waals surface area contributed by atoms with E-state index in [-0.39, 0.29) is 24.2 Å². The highest BCUT2D eigenvalue weighted by atomic mass is 35.5. The van der Waals surface area contributed by atoms with E-state index in [0.29, 0.717) is 29.4 Å². The first kappa shape index (κ1) is 21.6. The molecule has 0 saturated heterocycles. The van der Waals surface area contributed by atoms with Crippen molar-refractivity contribution in [2.24, 2.45) is 0 Å². The van der Waals surface area contributed by atoms with Crippen LogP contribution in [-0.4, -0.2) is 34.5 Å². The number of carbonyl (C=O) groups is 1. The molecule has 0 atom stereocenters. The van der Waals surface area contributed by atoms with Gasteiger partial charge in [-0.1, -0.05) is 28.9 Å². The summed E-state index contributed by atoms with van der Waals surface area (Å²) in [6, 6.07) is 11.1. The molecule has 0 radical (unpaired) electrons. The van der Waals surface area contributed by atoms with Gasteiger partial charge >= 0.3 is 6.18 Å². The van der Waals surface area contributed by atoms with Crippen molar-refractivity contribution in [3.8, 4) is 5.75 Å². The maximum absolute atomic E-state index is 12.7. The molecule has 1 amide bonds. The number of nitrogens with zero attached hydrogens (tertiary/aromatic N) is 3. The number of carbonyl (C=O) groups excluding carboxylic acids is 1. The van der Waals surface area contributed by atoms with Gasteiger partial charge in [0.1, 0.15) is 5.75 Å². The molecule has 0 bridgehead atoms. The van der Waals surface area contributed by atoms with Crippen molar-refractivity contribution in [2.75, 3.05) is 13.6 Å². The summed E-state index contributed by atoms with van der Waals surface area (Å²) in [7, 11) is 1.64. The van der Waals surface area contributed by atoms with Gasteiger partial charge in [0, 0.05) is 30.6 Å². The van der Waals surface area contributed by atoms with Gasteiger partial charge in [-0.25, -0.2) is 0 Å². The van der Waals surface area contributed by atoms with E-state index in [2.05, 4.69) is 10.1 Å². The largest absolute Gasteiger partial charge is 0.484 e. The molecule has 0 aliphatic heterocycles. The molecular weight excluding hydrogens is 423 g/mol. The fourth-order valence-corrected chi connectivity index (χ4v) is 2.76. The Morgan fingerprint density at radius 1 is 1.20 bits per heavy atom. The lowest BCUT2D eigenvalue weighted by Gasteiger charge is -2.16. The van der Waals surface area contributed by atoms with Crippen molar-refractivity contribution in [3.05, 3.63) is 76.4 Å². The van der Waals surface area contributed by atoms with Crippen LogP contribution < -0.4 is 4.74 Å². The molecule has 0 saturated carbocycles. The standard InChI is InChI=1S/C20H17ClF3N3O3/c1-27(19(28)13-4-2-6-15(21)10-13)9-8-17-25-18(30-26-17)12-29-16-7-3-5-14(11-16)20(22,23)24/h2-7,10-11H,8-9,12H2,1H3. The minimum atomic E-state index is -4.45. The normalized spacial score (nSPS) is 11.4. The smallest absolute Gasteiger partial charge is 0.416 e. The van der Waals surface area contributed by atoms with E-state index in [9.17, 15) is 18.0 Å². The molecule has 0 unspecified atom stereocenters. The maximum Gasteiger partial charge on any atom is 0.416 e. The molecule has 10 heteroatoms. The van der Waals surface area contributed by atoms with E-state index in [4.69, 9.17) is 20.9 Å². The van der Waals surface area contributed by atoms with Crippen LogP contribution in [0.5, 0.6) is 5.75 Å². The average molecular weight is 440 g/mol. The van der Waals surface area contributed by atoms with Crippen molar-refractivity contribution in [3.63, 3.8) is 0 Å². The third-order valence-electron chi connectivity index (χ3n) is 4.12. The zero-order valence-corrected chi connectivity index (χ0v) is 16.6. The minimum Gasteiger partial charge on any atom is -0.484 e. The van der Waals surface area contributed by atoms with Gasteiger partial charge in [0.2, 0.25) is 0 Å². The van der Waals surface area contributed by atoms with Gasteiger partial charge in [-0.3, -0.25) is 4.79 Å². The Balaban J connectivity index is 1.52. The van der Waals surface area contributed by atoms with Gasteiger partial charge < -0.3 is 14.2 Å². The monoisotopic (exact) mass is 439 g/mol. The topological polar surface area (TPSA) is 68.5 Å². The summed E-state index contributed by atoms with van der Waals surface area (Å²) in [5.41, 5.74) is -0.341. The van der Waals surface area contributed by atoms with Gasteiger partial charge in [-0.05, 0) is 36.4 Å². The van der Waals surface area contributed by atoms with Crippen LogP contribution in [0.1, 0.15) is 27.6 Å². The summed E-state index contributed by atoms with van der Waals surface area (Å²) in [6.07, 6.45) is -4.12. The number of alkyl halides is 3. The van der Waals surface area contributed by atoms with Crippen LogP contribution >= 0.6 is 11.6 Å². The number of amides is 1. The van der Waals surface area contributed by atoms with Crippen LogP contribution in [0.2, 0.25) is 5.02 Å². The third kappa shape index (κ3) is 5.73. The van der Waals surface area contributed by atoms with E-state index in [1.807, 2.05) is 0 Å². The van der Waals surface area contributed by atoms with E-state index in [0.717, 1.165) is 12.1 Å². The summed E-state index contributed by atoms with van der Waals surface area (Å²) in [5, 5.41) is 4.27. The lowest BCUT2D eigenvalue weighted by atomic mass is 10.2. The van der Waals surface area contributed by atoms with Gasteiger partial charge in [0.05, 0.1) is 5.56 Å². The number of benzene rings is 2. The maximum atomic E-state index is 12.7. The molecule has 0 aliphatic rings. The molecule has 1 aromatic heterocycles. The van der Waals surface area contributed by atoms with Crippen LogP contribution in [0.25, 0.3) is 0 Å². The quantitative estimate of drug-likeness (QED) is 0.536. The SMILES string of the molecule is CN(CCc1noc(COc2cccc(C(F)(F)F)c2)n1)C(=O)c1cccc(Cl)c1. The Morgan fingerprint density at radius 3 is 2.70 bits per heavy atom. The van der Waals surface area contributed by atoms with Crippen molar-refractivity contribution in [1.82, 2.24) is 15.0 Å². The van der Waals surface area contributed by atoms with Crippen molar-refractivity contribution in [1.29, 1.82) is 0 Å². The highest BCUT2D eigenvalue weighted by molar-refractivity contribution is 6.30. The predicted octanol–water partition coefficient (Wildman–Crippen LogP) is 4.64. The number of halogens is 4. The van der Waals surface area contributed by atoms with Crippen molar-refractivity contribution in [2.45, 2.75) is 19.2 Å². The summed E-state index contributed by atoms with van der Waals surface area (Å²) in [4.78, 5) is 18.0. The zero-order chi connectivity index (χ0) is 21.7. The predicted molar refractivity (Wildman–Crippen MR) is 102 cm³/mol. The number of hydrogen-bond acceptors (Lipinski definition) is 5. The molecule has 158 valence electrons. The molecule has 0 aliphatic carbocycles. The number of likely N-dealkylation sites (N-methyl/N-ethyl adjacent to an activating group) is 1. The summed E-state index contributed by atoms with van der Waals surface area (Å²) in [5.74, 6) is 0.306. The summed E-state index contributed by atoms with van der Waals surface area (Å²) < 4.78 is 48.6. The second-order valence-electron chi connectivity index (χ2n) is 6.41. The van der Waals surface area contributed by atoms with Crippen LogP contribution in [0.3, 0.4) is 0 Å². The van der Waals surface area contributed by atoms with Gasteiger partial charge in [0.25, 0.3) is 11.8 Å². The Kier molecular flexibility index (Phi) is 6.61. The van der Waals surface area contributed by atoms with Crippen molar-refractivity contribution < 1.29 is 27.2 Å². The highest BCUT2D eigenvalue weighted by Crippen LogP contribution is 2.31. The zero-order valence-electron chi connectivity index (χ0n) is 15.8. The Bertz CT molecular complexity index is 1020. The molecule has 6 nitrogen and oxygen atoms in total. The lowest BCUT2D eigenvalue weighted by molar-refractivity contribution is -0.137. The first-order valence-corrected chi connectivity index (χ1v) is 9.23. The number of hydrogen-bond donors (Lipinski definition) is 0. The molecule has 1 heterocycles. The Morgan fingerprint density at radius 2 is 1.97 bits per heavy atom. The first-order chi connectivity index (χ1) is 14.2. The van der Waals surface area contributed by atoms with E-state index >= 15 is 0 Å². The van der Waals surface area contributed by atoms with Crippen LogP contribution in [0.4, 0.5) is 13.2 Å². The van der Waals surface area contributed by atoms with Crippen LogP contribution in [-0.2, 0) is 19.2 Å².